The molecule has 1 aliphatic rings. The van der Waals surface area contributed by atoms with E-state index in [0.29, 0.717) is 17.9 Å². The maximum Gasteiger partial charge on any atom is 0.271 e. The van der Waals surface area contributed by atoms with Crippen LogP contribution >= 0.6 is 11.3 Å². The molecule has 1 N–H and O–H groups in total. The Morgan fingerprint density at radius 1 is 1.56 bits per heavy atom. The summed E-state index contributed by atoms with van der Waals surface area (Å²) in [6, 6.07) is 0. The van der Waals surface area contributed by atoms with Crippen molar-refractivity contribution in [1.82, 2.24) is 14.3 Å². The molecule has 1 amide bonds. The number of thiazole rings is 1. The minimum atomic E-state index is -0.491. The first-order chi connectivity index (χ1) is 8.66. The second-order valence-electron chi connectivity index (χ2n) is 4.23. The molecule has 0 aromatic carbocycles. The van der Waals surface area contributed by atoms with Crippen molar-refractivity contribution >= 4 is 22.2 Å². The zero-order valence-corrected chi connectivity index (χ0v) is 10.3. The largest absolute Gasteiger partial charge is 0.391 e. The fourth-order valence-electron chi connectivity index (χ4n) is 2.07. The monoisotopic (exact) mass is 265 g/mol. The highest BCUT2D eigenvalue weighted by molar-refractivity contribution is 7.15. The smallest absolute Gasteiger partial charge is 0.271 e. The van der Waals surface area contributed by atoms with Crippen LogP contribution in [0.15, 0.2) is 22.6 Å². The number of hydrogen-bond acceptors (Lipinski definition) is 5. The van der Waals surface area contributed by atoms with Crippen molar-refractivity contribution in [1.29, 1.82) is 0 Å². The zero-order chi connectivity index (χ0) is 12.7. The lowest BCUT2D eigenvalue weighted by molar-refractivity contribution is 0.0762. The van der Waals surface area contributed by atoms with Gasteiger partial charge in [-0.25, -0.2) is 4.98 Å². The molecule has 6 nitrogen and oxygen atoms in total. The van der Waals surface area contributed by atoms with Gasteiger partial charge < -0.3 is 10.0 Å². The maximum atomic E-state index is 12.1. The highest BCUT2D eigenvalue weighted by Gasteiger charge is 2.27. The minimum Gasteiger partial charge on any atom is -0.391 e. The minimum absolute atomic E-state index is 0.0556. The van der Waals surface area contributed by atoms with Crippen LogP contribution in [0, 0.1) is 0 Å². The van der Waals surface area contributed by atoms with Crippen molar-refractivity contribution in [3.63, 3.8) is 0 Å². The Labute approximate surface area is 106 Å². The van der Waals surface area contributed by atoms with Gasteiger partial charge in [-0.1, -0.05) is 0 Å². The van der Waals surface area contributed by atoms with Gasteiger partial charge in [-0.2, -0.15) is 0 Å². The van der Waals surface area contributed by atoms with Crippen molar-refractivity contribution in [2.24, 2.45) is 0 Å². The fraction of sp³-hybridized carbons (Fsp3) is 0.364. The molecule has 0 radical (unpaired) electrons. The van der Waals surface area contributed by atoms with E-state index in [1.54, 1.807) is 11.6 Å². The van der Waals surface area contributed by atoms with Gasteiger partial charge in [0.15, 0.2) is 4.96 Å². The van der Waals surface area contributed by atoms with Gasteiger partial charge in [0.2, 0.25) is 0 Å². The lowest BCUT2D eigenvalue weighted by atomic mass is 10.3. The number of carbonyl (C=O) groups excluding carboxylic acids is 1. The molecule has 0 bridgehead atoms. The van der Waals surface area contributed by atoms with E-state index in [-0.39, 0.29) is 23.6 Å². The van der Waals surface area contributed by atoms with Crippen LogP contribution in [0.3, 0.4) is 0 Å². The van der Waals surface area contributed by atoms with Crippen LogP contribution in [0.1, 0.15) is 16.8 Å². The lowest BCUT2D eigenvalue weighted by Crippen LogP contribution is -2.34. The van der Waals surface area contributed by atoms with Crippen LogP contribution in [0.2, 0.25) is 0 Å². The number of likely N-dealkylation sites (tertiary alicyclic amines) is 1. The second-order valence-corrected chi connectivity index (χ2v) is 5.10. The molecular weight excluding hydrogens is 254 g/mol. The number of carbonyl (C=O) groups is 1. The van der Waals surface area contributed by atoms with Crippen LogP contribution in [0.4, 0.5) is 0 Å². The number of nitrogens with zero attached hydrogens (tertiary/aromatic N) is 3. The Balaban J connectivity index is 2.01. The molecule has 1 aliphatic heterocycles. The highest BCUT2D eigenvalue weighted by Crippen LogP contribution is 2.12. The number of aliphatic hydroxyl groups is 1. The molecule has 1 saturated heterocycles. The predicted octanol–water partition coefficient (Wildman–Crippen LogP) is -0.0372. The Hall–Kier alpha value is -1.73. The SMILES string of the molecule is O=C(c1cnc2sccn2c1=O)N1CCC(O)C1. The summed E-state index contributed by atoms with van der Waals surface area (Å²) in [4.78, 5) is 30.4. The topological polar surface area (TPSA) is 74.9 Å². The summed E-state index contributed by atoms with van der Waals surface area (Å²) in [5.41, 5.74) is -0.298. The maximum absolute atomic E-state index is 12.1. The Kier molecular flexibility index (Phi) is 2.64. The van der Waals surface area contributed by atoms with Crippen molar-refractivity contribution in [3.8, 4) is 0 Å². The van der Waals surface area contributed by atoms with Gasteiger partial charge in [0.1, 0.15) is 5.56 Å². The Morgan fingerprint density at radius 2 is 2.39 bits per heavy atom. The molecule has 3 rings (SSSR count). The van der Waals surface area contributed by atoms with Crippen LogP contribution in [0.5, 0.6) is 0 Å². The van der Waals surface area contributed by atoms with Gasteiger partial charge in [-0.15, -0.1) is 11.3 Å². The van der Waals surface area contributed by atoms with Crippen LogP contribution in [-0.4, -0.2) is 44.5 Å². The lowest BCUT2D eigenvalue weighted by Gasteiger charge is -2.14. The van der Waals surface area contributed by atoms with Gasteiger partial charge in [-0.3, -0.25) is 14.0 Å². The number of aromatic nitrogens is 2. The van der Waals surface area contributed by atoms with Gasteiger partial charge in [0.25, 0.3) is 11.5 Å². The van der Waals surface area contributed by atoms with E-state index in [9.17, 15) is 14.7 Å². The normalized spacial score (nSPS) is 19.6. The quantitative estimate of drug-likeness (QED) is 0.785. The van der Waals surface area contributed by atoms with Crippen LogP contribution < -0.4 is 5.56 Å². The zero-order valence-electron chi connectivity index (χ0n) is 9.44. The van der Waals surface area contributed by atoms with E-state index in [0.717, 1.165) is 0 Å². The molecule has 2 aromatic rings. The van der Waals surface area contributed by atoms with Gasteiger partial charge in [0.05, 0.1) is 6.10 Å². The van der Waals surface area contributed by atoms with Crippen LogP contribution in [-0.2, 0) is 0 Å². The van der Waals surface area contributed by atoms with E-state index in [4.69, 9.17) is 0 Å². The van der Waals surface area contributed by atoms with Gasteiger partial charge >= 0.3 is 0 Å². The van der Waals surface area contributed by atoms with Crippen molar-refractivity contribution in [2.75, 3.05) is 13.1 Å². The molecule has 18 heavy (non-hydrogen) atoms. The molecule has 94 valence electrons. The van der Waals surface area contributed by atoms with Crippen molar-refractivity contribution < 1.29 is 9.90 Å². The standard InChI is InChI=1S/C11H11N3O3S/c15-7-1-2-13(6-7)9(16)8-5-12-11-14(10(8)17)3-4-18-11/h3-5,7,15H,1-2,6H2. The van der Waals surface area contributed by atoms with Gasteiger partial charge in [0, 0.05) is 30.9 Å². The number of amides is 1. The summed E-state index contributed by atoms with van der Waals surface area (Å²) < 4.78 is 1.37. The first-order valence-electron chi connectivity index (χ1n) is 5.59. The number of fused-ring (bicyclic) bond motifs is 1. The molecule has 0 saturated carbocycles. The van der Waals surface area contributed by atoms with Gasteiger partial charge in [-0.05, 0) is 6.42 Å². The summed E-state index contributed by atoms with van der Waals surface area (Å²) >= 11 is 1.34. The molecule has 0 spiro atoms. The van der Waals surface area contributed by atoms with Crippen LogP contribution in [0.25, 0.3) is 4.96 Å². The first kappa shape index (κ1) is 11.4. The number of β-amino-alcohol motifs (C(OH)–C–C–N with tert-alkyl or cyclic N) is 1. The van der Waals surface area contributed by atoms with E-state index in [1.807, 2.05) is 0 Å². The third kappa shape index (κ3) is 1.72. The summed E-state index contributed by atoms with van der Waals surface area (Å²) in [5.74, 6) is -0.357. The summed E-state index contributed by atoms with van der Waals surface area (Å²) in [5, 5.41) is 11.2. The molecule has 2 aromatic heterocycles. The summed E-state index contributed by atoms with van der Waals surface area (Å²) in [7, 11) is 0. The van der Waals surface area contributed by atoms with Crippen molar-refractivity contribution in [2.45, 2.75) is 12.5 Å². The second kappa shape index (κ2) is 4.18. The number of aliphatic hydroxyl groups excluding tert-OH is 1. The van der Waals surface area contributed by atoms with E-state index in [1.165, 1.54) is 26.8 Å². The Morgan fingerprint density at radius 3 is 3.11 bits per heavy atom. The average Bonchev–Trinajstić information content (AvgIpc) is 2.97. The van der Waals surface area contributed by atoms with Crippen molar-refractivity contribution in [3.05, 3.63) is 33.7 Å². The molecular formula is C11H11N3O3S. The third-order valence-electron chi connectivity index (χ3n) is 3.02. The molecule has 3 heterocycles. The number of rotatable bonds is 1. The highest BCUT2D eigenvalue weighted by atomic mass is 32.1. The molecule has 7 heteroatoms. The summed E-state index contributed by atoms with van der Waals surface area (Å²) in [6.45, 7) is 0.760. The molecule has 0 aliphatic carbocycles. The van der Waals surface area contributed by atoms with E-state index in [2.05, 4.69) is 4.98 Å². The molecule has 1 unspecified atom stereocenters. The molecule has 1 atom stereocenters. The average molecular weight is 265 g/mol. The fourth-order valence-corrected chi connectivity index (χ4v) is 2.74. The third-order valence-corrected chi connectivity index (χ3v) is 3.79. The van der Waals surface area contributed by atoms with E-state index >= 15 is 0 Å². The summed E-state index contributed by atoms with van der Waals surface area (Å²) in [6.07, 6.45) is 2.99. The van der Waals surface area contributed by atoms with E-state index < -0.39 is 6.10 Å². The Bertz CT molecular complexity index is 663. The molecule has 1 fully saturated rings. The predicted molar refractivity (Wildman–Crippen MR) is 65.9 cm³/mol. The number of hydrogen-bond donors (Lipinski definition) is 1. The first-order valence-corrected chi connectivity index (χ1v) is 6.47.